The maximum atomic E-state index is 5.70. The molecule has 0 aliphatic heterocycles. The van der Waals surface area contributed by atoms with Gasteiger partial charge in [-0.1, -0.05) is 19.9 Å². The summed E-state index contributed by atoms with van der Waals surface area (Å²) in [5.74, 6) is 1.21. The molecule has 0 atom stereocenters. The van der Waals surface area contributed by atoms with E-state index >= 15 is 0 Å². The lowest BCUT2D eigenvalue weighted by Crippen LogP contribution is -2.09. The zero-order valence-corrected chi connectivity index (χ0v) is 12.7. The van der Waals surface area contributed by atoms with Gasteiger partial charge in [0.15, 0.2) is 0 Å². The fraction of sp³-hybridized carbons (Fsp3) is 0.438. The molecule has 2 rings (SSSR count). The zero-order chi connectivity index (χ0) is 14.7. The number of rotatable bonds is 5. The molecule has 0 fully saturated rings. The van der Waals surface area contributed by atoms with E-state index in [0.29, 0.717) is 12.5 Å². The first-order chi connectivity index (χ1) is 9.58. The fourth-order valence-electron chi connectivity index (χ4n) is 2.51. The van der Waals surface area contributed by atoms with E-state index in [9.17, 15) is 0 Å². The Kier molecular flexibility index (Phi) is 4.45. The number of hydrogen-bond donors (Lipinski definition) is 1. The first-order valence-corrected chi connectivity index (χ1v) is 7.00. The topological polar surface area (TPSA) is 53.1 Å². The van der Waals surface area contributed by atoms with Crippen LogP contribution in [0.15, 0.2) is 24.4 Å². The second-order valence-corrected chi connectivity index (χ2v) is 5.34. The van der Waals surface area contributed by atoms with Crippen molar-refractivity contribution in [2.24, 2.45) is 5.73 Å². The molecule has 2 N–H and O–H groups in total. The molecule has 4 nitrogen and oxygen atoms in total. The Labute approximate surface area is 120 Å². The molecule has 0 radical (unpaired) electrons. The standard InChI is InChI=1S/C16H23N3O/c1-11(2)16-13(7-8-17)10-18-19(16)14-9-12(3)5-6-15(14)20-4/h5-6,9-11H,7-8,17H2,1-4H3. The molecule has 20 heavy (non-hydrogen) atoms. The Balaban J connectivity index is 2.60. The van der Waals surface area contributed by atoms with Crippen molar-refractivity contribution in [3.63, 3.8) is 0 Å². The van der Waals surface area contributed by atoms with E-state index in [-0.39, 0.29) is 0 Å². The number of nitrogens with zero attached hydrogens (tertiary/aromatic N) is 2. The van der Waals surface area contributed by atoms with E-state index in [1.165, 1.54) is 16.8 Å². The van der Waals surface area contributed by atoms with Gasteiger partial charge in [-0.3, -0.25) is 0 Å². The van der Waals surface area contributed by atoms with E-state index in [0.717, 1.165) is 17.9 Å². The van der Waals surface area contributed by atoms with Crippen molar-refractivity contribution in [2.45, 2.75) is 33.1 Å². The van der Waals surface area contributed by atoms with Crippen LogP contribution in [0.25, 0.3) is 5.69 Å². The van der Waals surface area contributed by atoms with Gasteiger partial charge in [-0.05, 0) is 49.1 Å². The largest absolute Gasteiger partial charge is 0.494 e. The van der Waals surface area contributed by atoms with Crippen LogP contribution >= 0.6 is 0 Å². The molecular formula is C16H23N3O. The summed E-state index contributed by atoms with van der Waals surface area (Å²) < 4.78 is 7.46. The number of aryl methyl sites for hydroxylation is 1. The molecule has 1 heterocycles. The number of ether oxygens (including phenoxy) is 1. The van der Waals surface area contributed by atoms with Crippen LogP contribution in [-0.2, 0) is 6.42 Å². The summed E-state index contributed by atoms with van der Waals surface area (Å²) in [5.41, 5.74) is 10.3. The number of methoxy groups -OCH3 is 1. The van der Waals surface area contributed by atoms with Gasteiger partial charge in [0, 0.05) is 0 Å². The van der Waals surface area contributed by atoms with E-state index < -0.39 is 0 Å². The number of hydrogen-bond acceptors (Lipinski definition) is 3. The summed E-state index contributed by atoms with van der Waals surface area (Å²) >= 11 is 0. The Morgan fingerprint density at radius 3 is 2.70 bits per heavy atom. The summed E-state index contributed by atoms with van der Waals surface area (Å²) in [4.78, 5) is 0. The summed E-state index contributed by atoms with van der Waals surface area (Å²) in [7, 11) is 1.69. The molecular weight excluding hydrogens is 250 g/mol. The van der Waals surface area contributed by atoms with Crippen LogP contribution in [0.1, 0.15) is 36.6 Å². The number of nitrogens with two attached hydrogens (primary N) is 1. The monoisotopic (exact) mass is 273 g/mol. The molecule has 0 unspecified atom stereocenters. The minimum atomic E-state index is 0.379. The molecule has 0 spiro atoms. The lowest BCUT2D eigenvalue weighted by Gasteiger charge is -2.15. The van der Waals surface area contributed by atoms with Crippen LogP contribution in [0.4, 0.5) is 0 Å². The fourth-order valence-corrected chi connectivity index (χ4v) is 2.51. The van der Waals surface area contributed by atoms with Gasteiger partial charge in [0.05, 0.1) is 19.0 Å². The average Bonchev–Trinajstić information content (AvgIpc) is 2.83. The highest BCUT2D eigenvalue weighted by molar-refractivity contribution is 5.50. The van der Waals surface area contributed by atoms with Crippen molar-refractivity contribution in [2.75, 3.05) is 13.7 Å². The highest BCUT2D eigenvalue weighted by atomic mass is 16.5. The molecule has 4 heteroatoms. The van der Waals surface area contributed by atoms with Gasteiger partial charge in [-0.15, -0.1) is 0 Å². The molecule has 1 aromatic carbocycles. The molecule has 0 aliphatic rings. The van der Waals surface area contributed by atoms with E-state index in [1.54, 1.807) is 7.11 Å². The van der Waals surface area contributed by atoms with Gasteiger partial charge >= 0.3 is 0 Å². The Morgan fingerprint density at radius 2 is 2.10 bits per heavy atom. The second kappa shape index (κ2) is 6.09. The average molecular weight is 273 g/mol. The Bertz CT molecular complexity index is 587. The number of aromatic nitrogens is 2. The molecule has 0 amide bonds. The predicted molar refractivity (Wildman–Crippen MR) is 81.7 cm³/mol. The lowest BCUT2D eigenvalue weighted by molar-refractivity contribution is 0.411. The second-order valence-electron chi connectivity index (χ2n) is 5.34. The van der Waals surface area contributed by atoms with Gasteiger partial charge in [0.1, 0.15) is 11.4 Å². The van der Waals surface area contributed by atoms with Crippen molar-refractivity contribution in [3.05, 3.63) is 41.2 Å². The Hall–Kier alpha value is -1.81. The summed E-state index contributed by atoms with van der Waals surface area (Å²) in [6.07, 6.45) is 2.77. The third-order valence-corrected chi connectivity index (χ3v) is 3.41. The van der Waals surface area contributed by atoms with E-state index in [4.69, 9.17) is 10.5 Å². The van der Waals surface area contributed by atoms with Crippen LogP contribution in [0.3, 0.4) is 0 Å². The van der Waals surface area contributed by atoms with Crippen LogP contribution in [-0.4, -0.2) is 23.4 Å². The lowest BCUT2D eigenvalue weighted by atomic mass is 10.0. The molecule has 108 valence electrons. The summed E-state index contributed by atoms with van der Waals surface area (Å²) in [6, 6.07) is 6.13. The number of benzene rings is 1. The predicted octanol–water partition coefficient (Wildman–Crippen LogP) is 2.81. The van der Waals surface area contributed by atoms with E-state index in [1.807, 2.05) is 23.0 Å². The quantitative estimate of drug-likeness (QED) is 0.911. The van der Waals surface area contributed by atoms with Crippen molar-refractivity contribution >= 4 is 0 Å². The first kappa shape index (κ1) is 14.6. The minimum absolute atomic E-state index is 0.379. The van der Waals surface area contributed by atoms with Crippen LogP contribution in [0, 0.1) is 6.92 Å². The van der Waals surface area contributed by atoms with Crippen LogP contribution in [0.2, 0.25) is 0 Å². The maximum absolute atomic E-state index is 5.70. The van der Waals surface area contributed by atoms with Crippen molar-refractivity contribution in [1.29, 1.82) is 0 Å². The van der Waals surface area contributed by atoms with Gasteiger partial charge in [0.2, 0.25) is 0 Å². The van der Waals surface area contributed by atoms with Gasteiger partial charge in [0.25, 0.3) is 0 Å². The minimum Gasteiger partial charge on any atom is -0.494 e. The summed E-state index contributed by atoms with van der Waals surface area (Å²) in [5, 5.41) is 4.56. The van der Waals surface area contributed by atoms with Crippen molar-refractivity contribution in [3.8, 4) is 11.4 Å². The zero-order valence-electron chi connectivity index (χ0n) is 12.7. The highest BCUT2D eigenvalue weighted by Crippen LogP contribution is 2.29. The Morgan fingerprint density at radius 1 is 1.35 bits per heavy atom. The van der Waals surface area contributed by atoms with E-state index in [2.05, 4.69) is 31.9 Å². The highest BCUT2D eigenvalue weighted by Gasteiger charge is 2.17. The van der Waals surface area contributed by atoms with Crippen molar-refractivity contribution < 1.29 is 4.74 Å². The van der Waals surface area contributed by atoms with Gasteiger partial charge < -0.3 is 10.5 Å². The van der Waals surface area contributed by atoms with Gasteiger partial charge in [-0.2, -0.15) is 5.10 Å². The first-order valence-electron chi connectivity index (χ1n) is 7.00. The molecule has 0 saturated heterocycles. The summed E-state index contributed by atoms with van der Waals surface area (Å²) in [6.45, 7) is 7.06. The normalized spacial score (nSPS) is 11.1. The molecule has 0 aliphatic carbocycles. The van der Waals surface area contributed by atoms with Gasteiger partial charge in [-0.25, -0.2) is 4.68 Å². The smallest absolute Gasteiger partial charge is 0.144 e. The van der Waals surface area contributed by atoms with Crippen molar-refractivity contribution in [1.82, 2.24) is 9.78 Å². The van der Waals surface area contributed by atoms with Crippen LogP contribution in [0.5, 0.6) is 5.75 Å². The molecule has 0 bridgehead atoms. The third-order valence-electron chi connectivity index (χ3n) is 3.41. The molecule has 0 saturated carbocycles. The molecule has 2 aromatic rings. The third kappa shape index (κ3) is 2.70. The maximum Gasteiger partial charge on any atom is 0.144 e. The van der Waals surface area contributed by atoms with Crippen LogP contribution < -0.4 is 10.5 Å². The molecule has 1 aromatic heterocycles. The SMILES string of the molecule is COc1ccc(C)cc1-n1ncc(CCN)c1C(C)C.